The highest BCUT2D eigenvalue weighted by molar-refractivity contribution is 9.10. The minimum atomic E-state index is -0.241. The first kappa shape index (κ1) is 12.2. The lowest BCUT2D eigenvalue weighted by Gasteiger charge is -2.17. The highest BCUT2D eigenvalue weighted by Crippen LogP contribution is 2.26. The standard InChI is InChI=1S/C13H12BrFN2/c1-16-12(9-4-2-5-10(15)8-9)13-11(14)6-3-7-17-13/h2-8,12,16H,1H3. The molecule has 0 aliphatic carbocycles. The maximum absolute atomic E-state index is 13.2. The summed E-state index contributed by atoms with van der Waals surface area (Å²) in [4.78, 5) is 4.32. The van der Waals surface area contributed by atoms with Gasteiger partial charge in [-0.1, -0.05) is 12.1 Å². The number of halogens is 2. The highest BCUT2D eigenvalue weighted by Gasteiger charge is 2.16. The number of hydrogen-bond donors (Lipinski definition) is 1. The number of pyridine rings is 1. The molecule has 17 heavy (non-hydrogen) atoms. The Morgan fingerprint density at radius 2 is 2.12 bits per heavy atom. The maximum Gasteiger partial charge on any atom is 0.123 e. The molecule has 0 fully saturated rings. The quantitative estimate of drug-likeness (QED) is 0.940. The maximum atomic E-state index is 13.2. The lowest BCUT2D eigenvalue weighted by molar-refractivity contribution is 0.613. The van der Waals surface area contributed by atoms with Crippen molar-refractivity contribution < 1.29 is 4.39 Å². The van der Waals surface area contributed by atoms with Crippen LogP contribution in [0.5, 0.6) is 0 Å². The van der Waals surface area contributed by atoms with Gasteiger partial charge in [0.1, 0.15) is 5.82 Å². The van der Waals surface area contributed by atoms with Crippen molar-refractivity contribution in [2.24, 2.45) is 0 Å². The Bertz CT molecular complexity index is 516. The number of aromatic nitrogens is 1. The zero-order valence-electron chi connectivity index (χ0n) is 9.32. The third-order valence-electron chi connectivity index (χ3n) is 2.53. The summed E-state index contributed by atoms with van der Waals surface area (Å²) in [5.41, 5.74) is 1.70. The minimum absolute atomic E-state index is 0.124. The SMILES string of the molecule is CNC(c1cccc(F)c1)c1ncccc1Br. The van der Waals surface area contributed by atoms with E-state index in [1.54, 1.807) is 12.3 Å². The van der Waals surface area contributed by atoms with Crippen molar-refractivity contribution in [3.05, 3.63) is 64.1 Å². The molecule has 1 aromatic carbocycles. The van der Waals surface area contributed by atoms with Crippen molar-refractivity contribution >= 4 is 15.9 Å². The zero-order valence-corrected chi connectivity index (χ0v) is 10.9. The van der Waals surface area contributed by atoms with Gasteiger partial charge in [-0.3, -0.25) is 4.98 Å². The molecule has 0 radical (unpaired) electrons. The number of benzene rings is 1. The topological polar surface area (TPSA) is 24.9 Å². The van der Waals surface area contributed by atoms with Crippen molar-refractivity contribution in [1.82, 2.24) is 10.3 Å². The molecule has 2 rings (SSSR count). The van der Waals surface area contributed by atoms with Gasteiger partial charge in [0.2, 0.25) is 0 Å². The van der Waals surface area contributed by atoms with E-state index in [4.69, 9.17) is 0 Å². The first-order valence-corrected chi connectivity index (χ1v) is 6.05. The molecule has 0 amide bonds. The third-order valence-corrected chi connectivity index (χ3v) is 3.20. The fraction of sp³-hybridized carbons (Fsp3) is 0.154. The van der Waals surface area contributed by atoms with Gasteiger partial charge >= 0.3 is 0 Å². The molecule has 4 heteroatoms. The molecule has 1 unspecified atom stereocenters. The van der Waals surface area contributed by atoms with E-state index in [1.165, 1.54) is 12.1 Å². The van der Waals surface area contributed by atoms with E-state index in [1.807, 2.05) is 25.2 Å². The average molecular weight is 295 g/mol. The Kier molecular flexibility index (Phi) is 3.86. The summed E-state index contributed by atoms with van der Waals surface area (Å²) in [6.07, 6.45) is 1.73. The number of nitrogens with zero attached hydrogens (tertiary/aromatic N) is 1. The summed E-state index contributed by atoms with van der Waals surface area (Å²) in [6, 6.07) is 10.2. The number of rotatable bonds is 3. The van der Waals surface area contributed by atoms with Crippen LogP contribution in [0.15, 0.2) is 47.1 Å². The fourth-order valence-corrected chi connectivity index (χ4v) is 2.24. The van der Waals surface area contributed by atoms with Crippen LogP contribution in [0.3, 0.4) is 0 Å². The third kappa shape index (κ3) is 2.70. The summed E-state index contributed by atoms with van der Waals surface area (Å²) in [5.74, 6) is -0.241. The van der Waals surface area contributed by atoms with Gasteiger partial charge in [-0.2, -0.15) is 0 Å². The van der Waals surface area contributed by atoms with E-state index in [-0.39, 0.29) is 11.9 Å². The molecule has 1 heterocycles. The molecule has 1 N–H and O–H groups in total. The molecule has 0 bridgehead atoms. The van der Waals surface area contributed by atoms with Crippen LogP contribution in [0.25, 0.3) is 0 Å². The first-order chi connectivity index (χ1) is 8.22. The van der Waals surface area contributed by atoms with Crippen LogP contribution in [0.4, 0.5) is 4.39 Å². The van der Waals surface area contributed by atoms with Gasteiger partial charge in [0, 0.05) is 10.7 Å². The summed E-state index contributed by atoms with van der Waals surface area (Å²) >= 11 is 3.46. The lowest BCUT2D eigenvalue weighted by atomic mass is 10.0. The van der Waals surface area contributed by atoms with Crippen LogP contribution in [0, 0.1) is 5.82 Å². The minimum Gasteiger partial charge on any atom is -0.308 e. The molecule has 2 nitrogen and oxygen atoms in total. The van der Waals surface area contributed by atoms with Crippen LogP contribution >= 0.6 is 15.9 Å². The Balaban J connectivity index is 2.44. The normalized spacial score (nSPS) is 12.4. The number of hydrogen-bond acceptors (Lipinski definition) is 2. The van der Waals surface area contributed by atoms with Crippen LogP contribution in [-0.2, 0) is 0 Å². The largest absolute Gasteiger partial charge is 0.308 e. The second-order valence-corrected chi connectivity index (χ2v) is 4.50. The van der Waals surface area contributed by atoms with Gasteiger partial charge in [0.15, 0.2) is 0 Å². The highest BCUT2D eigenvalue weighted by atomic mass is 79.9. The molecule has 2 aromatic rings. The average Bonchev–Trinajstić information content (AvgIpc) is 2.33. The molecule has 0 aliphatic heterocycles. The van der Waals surface area contributed by atoms with Crippen molar-refractivity contribution in [1.29, 1.82) is 0 Å². The van der Waals surface area contributed by atoms with Crippen molar-refractivity contribution in [2.45, 2.75) is 6.04 Å². The van der Waals surface area contributed by atoms with Gasteiger partial charge < -0.3 is 5.32 Å². The first-order valence-electron chi connectivity index (χ1n) is 5.25. The van der Waals surface area contributed by atoms with Gasteiger partial charge in [-0.05, 0) is 52.8 Å². The van der Waals surface area contributed by atoms with E-state index in [0.717, 1.165) is 15.7 Å². The second-order valence-electron chi connectivity index (χ2n) is 3.65. The molecule has 0 aliphatic rings. The summed E-state index contributed by atoms with van der Waals surface area (Å²) < 4.78 is 14.1. The van der Waals surface area contributed by atoms with Crippen molar-refractivity contribution in [3.63, 3.8) is 0 Å². The molecule has 0 saturated heterocycles. The fourth-order valence-electron chi connectivity index (χ4n) is 1.76. The Morgan fingerprint density at radius 1 is 1.29 bits per heavy atom. The van der Waals surface area contributed by atoms with Crippen LogP contribution in [-0.4, -0.2) is 12.0 Å². The van der Waals surface area contributed by atoms with Crippen LogP contribution < -0.4 is 5.32 Å². The van der Waals surface area contributed by atoms with Crippen molar-refractivity contribution in [3.8, 4) is 0 Å². The van der Waals surface area contributed by atoms with E-state index in [0.29, 0.717) is 0 Å². The molecular weight excluding hydrogens is 283 g/mol. The van der Waals surface area contributed by atoms with E-state index in [9.17, 15) is 4.39 Å². The van der Waals surface area contributed by atoms with Gasteiger partial charge in [0.05, 0.1) is 11.7 Å². The Hall–Kier alpha value is -1.26. The second kappa shape index (κ2) is 5.38. The smallest absolute Gasteiger partial charge is 0.123 e. The van der Waals surface area contributed by atoms with Gasteiger partial charge in [0.25, 0.3) is 0 Å². The Labute approximate surface area is 108 Å². The summed E-state index contributed by atoms with van der Waals surface area (Å²) in [5, 5.41) is 3.14. The van der Waals surface area contributed by atoms with E-state index >= 15 is 0 Å². The summed E-state index contributed by atoms with van der Waals surface area (Å²) in [6.45, 7) is 0. The molecule has 0 saturated carbocycles. The Morgan fingerprint density at radius 3 is 2.76 bits per heavy atom. The number of nitrogens with one attached hydrogen (secondary N) is 1. The monoisotopic (exact) mass is 294 g/mol. The molecule has 1 aromatic heterocycles. The zero-order chi connectivity index (χ0) is 12.3. The van der Waals surface area contributed by atoms with Crippen LogP contribution in [0.2, 0.25) is 0 Å². The predicted molar refractivity (Wildman–Crippen MR) is 69.2 cm³/mol. The van der Waals surface area contributed by atoms with E-state index < -0.39 is 0 Å². The molecular formula is C13H12BrFN2. The van der Waals surface area contributed by atoms with Gasteiger partial charge in [-0.15, -0.1) is 0 Å². The van der Waals surface area contributed by atoms with E-state index in [2.05, 4.69) is 26.2 Å². The lowest BCUT2D eigenvalue weighted by Crippen LogP contribution is -2.19. The molecule has 1 atom stereocenters. The summed E-state index contributed by atoms with van der Waals surface area (Å²) in [7, 11) is 1.83. The molecule has 0 spiro atoms. The predicted octanol–water partition coefficient (Wildman–Crippen LogP) is 3.29. The van der Waals surface area contributed by atoms with Crippen molar-refractivity contribution in [2.75, 3.05) is 7.05 Å². The van der Waals surface area contributed by atoms with Gasteiger partial charge in [-0.25, -0.2) is 4.39 Å². The molecule has 88 valence electrons. The van der Waals surface area contributed by atoms with Crippen LogP contribution in [0.1, 0.15) is 17.3 Å².